The second-order valence-electron chi connectivity index (χ2n) is 13.1. The predicted octanol–water partition coefficient (Wildman–Crippen LogP) is 4.48. The minimum atomic E-state index is -0.776. The van der Waals surface area contributed by atoms with Crippen molar-refractivity contribution in [3.8, 4) is 34.3 Å². The molecule has 4 N–H and O–H groups in total. The quantitative estimate of drug-likeness (QED) is 0.255. The third-order valence-electron chi connectivity index (χ3n) is 10.3. The van der Waals surface area contributed by atoms with E-state index in [4.69, 9.17) is 30.9 Å². The van der Waals surface area contributed by atoms with Crippen molar-refractivity contribution < 1.29 is 23.5 Å². The van der Waals surface area contributed by atoms with Gasteiger partial charge in [0.25, 0.3) is 11.8 Å². The molecular weight excluding hydrogens is 601 g/mol. The normalized spacial score (nSPS) is 20.4. The van der Waals surface area contributed by atoms with Crippen LogP contribution in [0.2, 0.25) is 0 Å². The fourth-order valence-corrected chi connectivity index (χ4v) is 7.58. The van der Waals surface area contributed by atoms with Gasteiger partial charge < -0.3 is 35.0 Å². The Morgan fingerprint density at radius 1 is 1.00 bits per heavy atom. The Balaban J connectivity index is 1.24. The fourth-order valence-electron chi connectivity index (χ4n) is 7.58. The van der Waals surface area contributed by atoms with Gasteiger partial charge in [-0.05, 0) is 80.0 Å². The highest BCUT2D eigenvalue weighted by Gasteiger charge is 2.47. The van der Waals surface area contributed by atoms with E-state index >= 15 is 4.39 Å². The van der Waals surface area contributed by atoms with Crippen molar-refractivity contribution in [2.45, 2.75) is 44.3 Å². The van der Waals surface area contributed by atoms with Crippen LogP contribution in [0.15, 0.2) is 42.5 Å². The second kappa shape index (κ2) is 10.8. The van der Waals surface area contributed by atoms with Crippen molar-refractivity contribution in [1.29, 1.82) is 0 Å². The molecule has 2 bridgehead atoms. The largest absolute Gasteiger partial charge is 0.496 e. The topological polar surface area (TPSA) is 144 Å². The Bertz CT molecular complexity index is 2120. The predicted molar refractivity (Wildman–Crippen MR) is 175 cm³/mol. The number of imidazole rings is 1. The third-order valence-corrected chi connectivity index (χ3v) is 10.3. The van der Waals surface area contributed by atoms with Crippen molar-refractivity contribution in [2.75, 3.05) is 20.8 Å². The number of hydrogen-bond acceptors (Lipinski definition) is 7. The van der Waals surface area contributed by atoms with E-state index in [1.807, 2.05) is 34.7 Å². The molecule has 11 nitrogen and oxygen atoms in total. The third kappa shape index (κ3) is 4.64. The van der Waals surface area contributed by atoms with E-state index in [0.717, 1.165) is 54.9 Å². The monoisotopic (exact) mass is 637 g/mol. The minimum absolute atomic E-state index is 0.0292. The average molecular weight is 638 g/mol. The van der Waals surface area contributed by atoms with Gasteiger partial charge in [0.1, 0.15) is 28.5 Å². The van der Waals surface area contributed by atoms with Gasteiger partial charge in [0, 0.05) is 48.7 Å². The van der Waals surface area contributed by atoms with E-state index in [1.165, 1.54) is 13.2 Å². The molecule has 1 aliphatic heterocycles. The van der Waals surface area contributed by atoms with Crippen LogP contribution < -0.4 is 20.9 Å². The fraction of sp³-hybridized carbons (Fsp3) is 0.371. The molecule has 3 unspecified atom stereocenters. The number of nitrogens with two attached hydrogens (primary N) is 2. The first kappa shape index (κ1) is 29.4. The highest BCUT2D eigenvalue weighted by atomic mass is 19.1. The van der Waals surface area contributed by atoms with Crippen molar-refractivity contribution in [1.82, 2.24) is 24.0 Å². The molecular formula is C35H36FN7O4. The number of carbonyl (C=O) groups is 2. The highest BCUT2D eigenvalue weighted by Crippen LogP contribution is 2.41. The molecule has 2 amide bonds. The van der Waals surface area contributed by atoms with Gasteiger partial charge in [0.15, 0.2) is 5.82 Å². The van der Waals surface area contributed by atoms with Crippen LogP contribution in [-0.2, 0) is 13.6 Å². The number of benzene rings is 2. The lowest BCUT2D eigenvalue weighted by atomic mass is 10.1. The number of fused-ring (bicyclic) bond motifs is 4. The van der Waals surface area contributed by atoms with Crippen LogP contribution >= 0.6 is 0 Å². The first-order chi connectivity index (χ1) is 22.7. The van der Waals surface area contributed by atoms with E-state index in [0.29, 0.717) is 52.4 Å². The zero-order chi connectivity index (χ0) is 32.7. The molecule has 0 spiro atoms. The van der Waals surface area contributed by atoms with Gasteiger partial charge in [-0.3, -0.25) is 9.59 Å². The summed E-state index contributed by atoms with van der Waals surface area (Å²) in [7, 11) is 4.94. The number of ether oxygens (including phenoxy) is 2. The zero-order valence-electron chi connectivity index (χ0n) is 26.5. The first-order valence-electron chi connectivity index (χ1n) is 16.0. The van der Waals surface area contributed by atoms with Gasteiger partial charge in [-0.25, -0.2) is 14.4 Å². The van der Waals surface area contributed by atoms with E-state index in [1.54, 1.807) is 19.2 Å². The van der Waals surface area contributed by atoms with Crippen LogP contribution in [0.4, 0.5) is 4.39 Å². The number of carbonyl (C=O) groups excluding carboxylic acids is 2. The van der Waals surface area contributed by atoms with Gasteiger partial charge in [-0.1, -0.05) is 0 Å². The van der Waals surface area contributed by atoms with Crippen LogP contribution in [-0.4, -0.2) is 68.7 Å². The van der Waals surface area contributed by atoms with Crippen LogP contribution in [0.1, 0.15) is 46.4 Å². The highest BCUT2D eigenvalue weighted by molar-refractivity contribution is 6.01. The second-order valence-corrected chi connectivity index (χ2v) is 13.1. The van der Waals surface area contributed by atoms with Crippen molar-refractivity contribution in [3.05, 3.63) is 59.4 Å². The number of primary amides is 1. The number of amides is 2. The molecule has 12 heteroatoms. The van der Waals surface area contributed by atoms with Crippen LogP contribution in [0.5, 0.6) is 11.5 Å². The lowest BCUT2D eigenvalue weighted by molar-refractivity contribution is 0.0700. The lowest BCUT2D eigenvalue weighted by Gasteiger charge is -2.27. The number of likely N-dealkylation sites (tertiary alicyclic amines) is 1. The summed E-state index contributed by atoms with van der Waals surface area (Å²) in [5.74, 6) is 0.844. The molecule has 242 valence electrons. The standard InChI is InChI=1S/C35H36FN7O4/c1-41-31-25(10-20(12-29(31)47-3)35(45)43-16-19-7-9-26(43)30(19)37)40-34(41)27-11-18-6-8-24(39-33(18)42(27)15-17-4-5-17)21-14-28(46-2)22(32(38)44)13-23(21)36/h6,8,10-14,17,19,26,30H,4-5,7,9,15-16,37H2,1-3H3,(H2,38,44). The summed E-state index contributed by atoms with van der Waals surface area (Å²) < 4.78 is 30.6. The number of pyridine rings is 1. The zero-order valence-corrected chi connectivity index (χ0v) is 26.5. The number of hydrogen-bond donors (Lipinski definition) is 2. The van der Waals surface area contributed by atoms with Gasteiger partial charge >= 0.3 is 0 Å². The number of nitrogens with zero attached hydrogens (tertiary/aromatic N) is 5. The molecule has 4 heterocycles. The number of methoxy groups -OCH3 is 2. The maximum atomic E-state index is 15.3. The van der Waals surface area contributed by atoms with Crippen molar-refractivity contribution in [2.24, 2.45) is 30.4 Å². The Morgan fingerprint density at radius 3 is 2.45 bits per heavy atom. The van der Waals surface area contributed by atoms with Gasteiger partial charge in [0.05, 0.1) is 36.7 Å². The summed E-state index contributed by atoms with van der Waals surface area (Å²) in [5.41, 5.74) is 15.9. The lowest BCUT2D eigenvalue weighted by Crippen LogP contribution is -2.41. The number of aromatic nitrogens is 4. The van der Waals surface area contributed by atoms with E-state index < -0.39 is 11.7 Å². The summed E-state index contributed by atoms with van der Waals surface area (Å²) in [5, 5.41) is 0.876. The molecule has 8 rings (SSSR count). The van der Waals surface area contributed by atoms with E-state index in [-0.39, 0.29) is 34.9 Å². The van der Waals surface area contributed by atoms with E-state index in [9.17, 15) is 9.59 Å². The molecule has 3 aliphatic rings. The maximum Gasteiger partial charge on any atom is 0.254 e. The van der Waals surface area contributed by atoms with Crippen LogP contribution in [0, 0.1) is 17.7 Å². The summed E-state index contributed by atoms with van der Waals surface area (Å²) in [6.45, 7) is 1.41. The number of piperidine rings is 1. The summed E-state index contributed by atoms with van der Waals surface area (Å²) >= 11 is 0. The van der Waals surface area contributed by atoms with Gasteiger partial charge in [0.2, 0.25) is 0 Å². The Hall–Kier alpha value is -4.97. The molecule has 5 aromatic rings. The first-order valence-corrected chi connectivity index (χ1v) is 16.0. The number of rotatable bonds is 8. The molecule has 3 atom stereocenters. The smallest absolute Gasteiger partial charge is 0.254 e. The SMILES string of the molecule is COc1cc(-c2ccc3cc(-c4nc5cc(C(=O)N6CC7CCC6C7N)cc(OC)c5n4C)n(CC4CC4)c3n2)c(F)cc1C(N)=O. The van der Waals surface area contributed by atoms with Crippen LogP contribution in [0.25, 0.3) is 44.8 Å². The summed E-state index contributed by atoms with van der Waals surface area (Å²) in [6.07, 6.45) is 4.23. The molecule has 3 fully saturated rings. The molecule has 0 radical (unpaired) electrons. The Morgan fingerprint density at radius 2 is 1.79 bits per heavy atom. The number of halogens is 1. The van der Waals surface area contributed by atoms with E-state index in [2.05, 4.69) is 4.57 Å². The Labute approximate surface area is 270 Å². The number of aryl methyl sites for hydroxylation is 1. The molecule has 2 aromatic carbocycles. The molecule has 2 aliphatic carbocycles. The molecule has 1 saturated heterocycles. The summed E-state index contributed by atoms with van der Waals surface area (Å²) in [4.78, 5) is 37.5. The van der Waals surface area contributed by atoms with Gasteiger partial charge in [-0.15, -0.1) is 0 Å². The maximum absolute atomic E-state index is 15.3. The molecule has 47 heavy (non-hydrogen) atoms. The van der Waals surface area contributed by atoms with Crippen molar-refractivity contribution >= 4 is 33.9 Å². The summed E-state index contributed by atoms with van der Waals surface area (Å²) in [6, 6.07) is 12.0. The Kier molecular flexibility index (Phi) is 6.76. The van der Waals surface area contributed by atoms with Gasteiger partial charge in [-0.2, -0.15) is 0 Å². The van der Waals surface area contributed by atoms with Crippen LogP contribution in [0.3, 0.4) is 0 Å². The molecule has 3 aromatic heterocycles. The minimum Gasteiger partial charge on any atom is -0.496 e. The molecule has 2 saturated carbocycles. The average Bonchev–Trinajstić information content (AvgIpc) is 3.47. The van der Waals surface area contributed by atoms with Crippen molar-refractivity contribution in [3.63, 3.8) is 0 Å².